The van der Waals surface area contributed by atoms with Gasteiger partial charge in [-0.25, -0.2) is 0 Å². The van der Waals surface area contributed by atoms with Gasteiger partial charge < -0.3 is 20.7 Å². The van der Waals surface area contributed by atoms with Crippen molar-refractivity contribution in [1.82, 2.24) is 4.90 Å². The lowest BCUT2D eigenvalue weighted by Gasteiger charge is -2.34. The molecule has 0 unspecified atom stereocenters. The minimum absolute atomic E-state index is 0.386. The highest BCUT2D eigenvalue weighted by atomic mass is 32.1. The van der Waals surface area contributed by atoms with Crippen molar-refractivity contribution in [3.8, 4) is 0 Å². The van der Waals surface area contributed by atoms with Gasteiger partial charge in [-0.1, -0.05) is 45.9 Å². The Morgan fingerprint density at radius 3 is 2.38 bits per heavy atom. The molecule has 0 spiro atoms. The topological polar surface area (TPSA) is 67.6 Å². The number of benzene rings is 1. The molecule has 0 aromatic heterocycles. The van der Waals surface area contributed by atoms with Gasteiger partial charge in [0.1, 0.15) is 0 Å². The number of morpholine rings is 1. The molecular formula is C18H27N3O2S. The van der Waals surface area contributed by atoms with Crippen LogP contribution in [0.15, 0.2) is 18.2 Å². The average molecular weight is 350 g/mol. The standard InChI is InChI=1S/C18H27N3O2S/c1-11(2)13-6-5-7-14(12(3)4)16(13)20-18(24)21-8-9-23-15(10-21)17(19)22/h5-7,11-12,15H,8-10H2,1-4H3,(H2,19,22)(H,20,24)/t15-/m0/s1. The fraction of sp³-hybridized carbons (Fsp3) is 0.556. The quantitative estimate of drug-likeness (QED) is 0.818. The third-order valence-electron chi connectivity index (χ3n) is 4.28. The molecule has 5 nitrogen and oxygen atoms in total. The van der Waals surface area contributed by atoms with Crippen LogP contribution in [0.3, 0.4) is 0 Å². The van der Waals surface area contributed by atoms with Crippen LogP contribution in [-0.2, 0) is 9.53 Å². The lowest BCUT2D eigenvalue weighted by molar-refractivity contribution is -0.133. The number of ether oxygens (including phenoxy) is 1. The minimum atomic E-state index is -0.608. The van der Waals surface area contributed by atoms with Crippen molar-refractivity contribution in [2.24, 2.45) is 5.73 Å². The molecule has 0 bridgehead atoms. The van der Waals surface area contributed by atoms with Crippen molar-refractivity contribution >= 4 is 28.9 Å². The molecule has 0 aliphatic carbocycles. The summed E-state index contributed by atoms with van der Waals surface area (Å²) in [5, 5.41) is 4.03. The van der Waals surface area contributed by atoms with Crippen LogP contribution in [-0.4, -0.2) is 41.7 Å². The van der Waals surface area contributed by atoms with Gasteiger partial charge in [-0.2, -0.15) is 0 Å². The maximum atomic E-state index is 11.4. The zero-order valence-corrected chi connectivity index (χ0v) is 15.7. The SMILES string of the molecule is CC(C)c1cccc(C(C)C)c1NC(=S)N1CCO[C@H](C(N)=O)C1. The summed E-state index contributed by atoms with van der Waals surface area (Å²) < 4.78 is 5.39. The highest BCUT2D eigenvalue weighted by Gasteiger charge is 2.27. The van der Waals surface area contributed by atoms with Crippen molar-refractivity contribution in [2.45, 2.75) is 45.6 Å². The number of carbonyl (C=O) groups excluding carboxylic acids is 1. The smallest absolute Gasteiger partial charge is 0.248 e. The fourth-order valence-corrected chi connectivity index (χ4v) is 3.16. The third-order valence-corrected chi connectivity index (χ3v) is 4.64. The first-order chi connectivity index (χ1) is 11.3. The summed E-state index contributed by atoms with van der Waals surface area (Å²) in [6.45, 7) is 10.2. The van der Waals surface area contributed by atoms with E-state index in [9.17, 15) is 4.79 Å². The van der Waals surface area contributed by atoms with E-state index in [-0.39, 0.29) is 0 Å². The van der Waals surface area contributed by atoms with E-state index >= 15 is 0 Å². The van der Waals surface area contributed by atoms with Crippen molar-refractivity contribution in [3.63, 3.8) is 0 Å². The molecule has 1 saturated heterocycles. The molecule has 0 saturated carbocycles. The van der Waals surface area contributed by atoms with E-state index < -0.39 is 12.0 Å². The summed E-state index contributed by atoms with van der Waals surface area (Å²) in [5.74, 6) is 0.321. The summed E-state index contributed by atoms with van der Waals surface area (Å²) in [5.41, 5.74) is 8.91. The largest absolute Gasteiger partial charge is 0.367 e. The lowest BCUT2D eigenvalue weighted by atomic mass is 9.93. The summed E-state index contributed by atoms with van der Waals surface area (Å²) >= 11 is 5.59. The van der Waals surface area contributed by atoms with Gasteiger partial charge in [0.05, 0.1) is 13.2 Å². The van der Waals surface area contributed by atoms with Gasteiger partial charge in [0.25, 0.3) is 0 Å². The number of hydrogen-bond acceptors (Lipinski definition) is 3. The Balaban J connectivity index is 2.23. The van der Waals surface area contributed by atoms with E-state index in [1.54, 1.807) is 0 Å². The first kappa shape index (κ1) is 18.7. The molecule has 1 aromatic rings. The molecule has 1 heterocycles. The zero-order chi connectivity index (χ0) is 17.9. The van der Waals surface area contributed by atoms with E-state index in [0.29, 0.717) is 36.6 Å². The number of nitrogens with one attached hydrogen (secondary N) is 1. The molecule has 1 aliphatic heterocycles. The lowest BCUT2D eigenvalue weighted by Crippen LogP contribution is -2.51. The Labute approximate surface area is 149 Å². The molecule has 1 atom stereocenters. The van der Waals surface area contributed by atoms with Crippen LogP contribution in [0.5, 0.6) is 0 Å². The predicted molar refractivity (Wildman–Crippen MR) is 101 cm³/mol. The van der Waals surface area contributed by atoms with Crippen LogP contribution < -0.4 is 11.1 Å². The molecule has 24 heavy (non-hydrogen) atoms. The number of primary amides is 1. The van der Waals surface area contributed by atoms with Gasteiger partial charge in [0.15, 0.2) is 11.2 Å². The highest BCUT2D eigenvalue weighted by Crippen LogP contribution is 2.32. The van der Waals surface area contributed by atoms with Crippen molar-refractivity contribution in [3.05, 3.63) is 29.3 Å². The maximum Gasteiger partial charge on any atom is 0.248 e. The van der Waals surface area contributed by atoms with E-state index in [1.807, 2.05) is 4.90 Å². The number of nitrogens with zero attached hydrogens (tertiary/aromatic N) is 1. The number of amides is 1. The second-order valence-corrected chi connectivity index (χ2v) is 7.15. The number of anilines is 1. The predicted octanol–water partition coefficient (Wildman–Crippen LogP) is 2.82. The van der Waals surface area contributed by atoms with Crippen LogP contribution in [0.4, 0.5) is 5.69 Å². The van der Waals surface area contributed by atoms with Crippen molar-refractivity contribution < 1.29 is 9.53 Å². The van der Waals surface area contributed by atoms with Gasteiger partial charge >= 0.3 is 0 Å². The van der Waals surface area contributed by atoms with Crippen LogP contribution in [0.1, 0.15) is 50.7 Å². The Hall–Kier alpha value is -1.66. The van der Waals surface area contributed by atoms with Crippen molar-refractivity contribution in [1.29, 1.82) is 0 Å². The normalized spacial score (nSPS) is 18.1. The summed E-state index contributed by atoms with van der Waals surface area (Å²) in [4.78, 5) is 13.3. The van der Waals surface area contributed by atoms with Crippen molar-refractivity contribution in [2.75, 3.05) is 25.0 Å². The fourth-order valence-electron chi connectivity index (χ4n) is 2.89. The Kier molecular flexibility index (Phi) is 6.18. The van der Waals surface area contributed by atoms with Gasteiger partial charge in [0.2, 0.25) is 5.91 Å². The number of para-hydroxylation sites is 1. The molecule has 3 N–H and O–H groups in total. The molecule has 1 aromatic carbocycles. The van der Waals surface area contributed by atoms with E-state index in [2.05, 4.69) is 51.2 Å². The summed E-state index contributed by atoms with van der Waals surface area (Å²) in [7, 11) is 0. The van der Waals surface area contributed by atoms with Gasteiger partial charge in [-0.15, -0.1) is 0 Å². The van der Waals surface area contributed by atoms with E-state index in [0.717, 1.165) is 5.69 Å². The molecular weight excluding hydrogens is 322 g/mol. The molecule has 6 heteroatoms. The second-order valence-electron chi connectivity index (χ2n) is 6.76. The number of thiocarbonyl (C=S) groups is 1. The Morgan fingerprint density at radius 1 is 1.29 bits per heavy atom. The molecule has 1 aliphatic rings. The van der Waals surface area contributed by atoms with Gasteiger partial charge in [0, 0.05) is 12.2 Å². The van der Waals surface area contributed by atoms with E-state index in [4.69, 9.17) is 22.7 Å². The maximum absolute atomic E-state index is 11.4. The summed E-state index contributed by atoms with van der Waals surface area (Å²) in [6, 6.07) is 6.36. The molecule has 132 valence electrons. The van der Waals surface area contributed by atoms with Crippen LogP contribution in [0.25, 0.3) is 0 Å². The number of nitrogens with two attached hydrogens (primary N) is 1. The summed E-state index contributed by atoms with van der Waals surface area (Å²) in [6.07, 6.45) is -0.608. The number of carbonyl (C=O) groups is 1. The first-order valence-corrected chi connectivity index (χ1v) is 8.81. The average Bonchev–Trinajstić information content (AvgIpc) is 2.54. The Bertz CT molecular complexity index is 590. The van der Waals surface area contributed by atoms with Gasteiger partial charge in [-0.3, -0.25) is 4.79 Å². The molecule has 1 amide bonds. The molecule has 0 radical (unpaired) electrons. The molecule has 1 fully saturated rings. The minimum Gasteiger partial charge on any atom is -0.367 e. The second kappa shape index (κ2) is 7.94. The van der Waals surface area contributed by atoms with Crippen LogP contribution in [0.2, 0.25) is 0 Å². The monoisotopic (exact) mass is 349 g/mol. The highest BCUT2D eigenvalue weighted by molar-refractivity contribution is 7.80. The van der Waals surface area contributed by atoms with Gasteiger partial charge in [-0.05, 0) is 35.2 Å². The first-order valence-electron chi connectivity index (χ1n) is 8.41. The number of hydrogen-bond donors (Lipinski definition) is 2. The number of rotatable bonds is 4. The van der Waals surface area contributed by atoms with E-state index in [1.165, 1.54) is 11.1 Å². The Morgan fingerprint density at radius 2 is 1.88 bits per heavy atom. The zero-order valence-electron chi connectivity index (χ0n) is 14.8. The van der Waals surface area contributed by atoms with Crippen LogP contribution >= 0.6 is 12.2 Å². The third kappa shape index (κ3) is 4.24. The van der Waals surface area contributed by atoms with Crippen LogP contribution in [0, 0.1) is 0 Å². The molecule has 2 rings (SSSR count).